The lowest BCUT2D eigenvalue weighted by atomic mass is 10.0. The van der Waals surface area contributed by atoms with Crippen LogP contribution in [0.4, 0.5) is 0 Å². The Morgan fingerprint density at radius 2 is 1.55 bits per heavy atom. The average molecular weight is 260 g/mol. The van der Waals surface area contributed by atoms with Crippen molar-refractivity contribution in [3.63, 3.8) is 0 Å². The van der Waals surface area contributed by atoms with Crippen molar-refractivity contribution in [1.29, 1.82) is 0 Å². The SMILES string of the molecule is Cc1cc(C)cc(-c2cc(-c3cccnc3)ccn2)c1. The summed E-state index contributed by atoms with van der Waals surface area (Å²) in [4.78, 5) is 8.67. The molecule has 0 aliphatic carbocycles. The van der Waals surface area contributed by atoms with Crippen molar-refractivity contribution in [2.75, 3.05) is 0 Å². The summed E-state index contributed by atoms with van der Waals surface area (Å²) < 4.78 is 0. The van der Waals surface area contributed by atoms with Gasteiger partial charge in [0.25, 0.3) is 0 Å². The first-order valence-corrected chi connectivity index (χ1v) is 6.67. The maximum absolute atomic E-state index is 4.50. The lowest BCUT2D eigenvalue weighted by Crippen LogP contribution is -1.88. The first-order chi connectivity index (χ1) is 9.72. The van der Waals surface area contributed by atoms with Gasteiger partial charge in [-0.1, -0.05) is 23.3 Å². The Hall–Kier alpha value is -2.48. The van der Waals surface area contributed by atoms with Crippen molar-refractivity contribution in [2.45, 2.75) is 13.8 Å². The second kappa shape index (κ2) is 5.25. The summed E-state index contributed by atoms with van der Waals surface area (Å²) in [6, 6.07) is 14.7. The standard InChI is InChI=1S/C18H16N2/c1-13-8-14(2)10-17(9-13)18-11-15(5-7-20-18)16-4-3-6-19-12-16/h3-12H,1-2H3. The molecule has 0 unspecified atom stereocenters. The van der Waals surface area contributed by atoms with E-state index in [2.05, 4.69) is 54.1 Å². The highest BCUT2D eigenvalue weighted by molar-refractivity contribution is 5.70. The lowest BCUT2D eigenvalue weighted by molar-refractivity contribution is 1.29. The first kappa shape index (κ1) is 12.5. The molecule has 0 saturated carbocycles. The third-order valence-corrected chi connectivity index (χ3v) is 3.27. The Bertz CT molecular complexity index is 713. The van der Waals surface area contributed by atoms with Gasteiger partial charge in [0.05, 0.1) is 5.69 Å². The number of pyridine rings is 2. The Morgan fingerprint density at radius 1 is 0.750 bits per heavy atom. The van der Waals surface area contributed by atoms with Crippen LogP contribution in [0.3, 0.4) is 0 Å². The van der Waals surface area contributed by atoms with E-state index in [-0.39, 0.29) is 0 Å². The Morgan fingerprint density at radius 3 is 2.25 bits per heavy atom. The van der Waals surface area contributed by atoms with Crippen LogP contribution in [0.2, 0.25) is 0 Å². The van der Waals surface area contributed by atoms with Crippen LogP contribution in [0.15, 0.2) is 61.1 Å². The predicted octanol–water partition coefficient (Wildman–Crippen LogP) is 4.43. The summed E-state index contributed by atoms with van der Waals surface area (Å²) in [5.74, 6) is 0. The molecule has 2 heteroatoms. The number of benzene rings is 1. The quantitative estimate of drug-likeness (QED) is 0.681. The van der Waals surface area contributed by atoms with E-state index >= 15 is 0 Å². The third-order valence-electron chi connectivity index (χ3n) is 3.27. The average Bonchev–Trinajstić information content (AvgIpc) is 2.47. The maximum Gasteiger partial charge on any atom is 0.0708 e. The van der Waals surface area contributed by atoms with E-state index in [0.29, 0.717) is 0 Å². The molecular weight excluding hydrogens is 244 g/mol. The second-order valence-electron chi connectivity index (χ2n) is 5.05. The van der Waals surface area contributed by atoms with Gasteiger partial charge in [0.15, 0.2) is 0 Å². The molecule has 98 valence electrons. The smallest absolute Gasteiger partial charge is 0.0708 e. The van der Waals surface area contributed by atoms with Crippen molar-refractivity contribution >= 4 is 0 Å². The Balaban J connectivity index is 2.07. The molecule has 20 heavy (non-hydrogen) atoms. The molecule has 3 aromatic rings. The molecule has 2 nitrogen and oxygen atoms in total. The summed E-state index contributed by atoms with van der Waals surface area (Å²) in [7, 11) is 0. The van der Waals surface area contributed by atoms with Crippen LogP contribution in [0.5, 0.6) is 0 Å². The molecule has 0 saturated heterocycles. The zero-order valence-electron chi connectivity index (χ0n) is 11.7. The first-order valence-electron chi connectivity index (χ1n) is 6.67. The van der Waals surface area contributed by atoms with Gasteiger partial charge in [0, 0.05) is 29.7 Å². The van der Waals surface area contributed by atoms with Crippen molar-refractivity contribution in [3.8, 4) is 22.4 Å². The van der Waals surface area contributed by atoms with Crippen LogP contribution in [0.1, 0.15) is 11.1 Å². The molecule has 0 aliphatic heterocycles. The van der Waals surface area contributed by atoms with Crippen LogP contribution in [0.25, 0.3) is 22.4 Å². The molecule has 0 amide bonds. The van der Waals surface area contributed by atoms with E-state index in [1.165, 1.54) is 11.1 Å². The van der Waals surface area contributed by atoms with Gasteiger partial charge < -0.3 is 0 Å². The number of hydrogen-bond acceptors (Lipinski definition) is 2. The van der Waals surface area contributed by atoms with E-state index in [1.807, 2.05) is 24.5 Å². The van der Waals surface area contributed by atoms with Crippen molar-refractivity contribution in [1.82, 2.24) is 9.97 Å². The highest BCUT2D eigenvalue weighted by atomic mass is 14.7. The van der Waals surface area contributed by atoms with E-state index < -0.39 is 0 Å². The van der Waals surface area contributed by atoms with Gasteiger partial charge in [-0.05, 0) is 49.7 Å². The summed E-state index contributed by atoms with van der Waals surface area (Å²) in [5.41, 5.74) is 6.93. The number of nitrogens with zero attached hydrogens (tertiary/aromatic N) is 2. The topological polar surface area (TPSA) is 25.8 Å². The van der Waals surface area contributed by atoms with Crippen LogP contribution < -0.4 is 0 Å². The zero-order valence-corrected chi connectivity index (χ0v) is 11.7. The van der Waals surface area contributed by atoms with Crippen LogP contribution >= 0.6 is 0 Å². The van der Waals surface area contributed by atoms with Crippen LogP contribution in [-0.4, -0.2) is 9.97 Å². The Kier molecular flexibility index (Phi) is 3.30. The summed E-state index contributed by atoms with van der Waals surface area (Å²) in [6.45, 7) is 4.23. The number of aryl methyl sites for hydroxylation is 2. The van der Waals surface area contributed by atoms with Gasteiger partial charge >= 0.3 is 0 Å². The molecule has 0 atom stereocenters. The van der Waals surface area contributed by atoms with Gasteiger partial charge in [-0.15, -0.1) is 0 Å². The van der Waals surface area contributed by atoms with Crippen molar-refractivity contribution in [3.05, 3.63) is 72.2 Å². The molecule has 1 aromatic carbocycles. The number of hydrogen-bond donors (Lipinski definition) is 0. The monoisotopic (exact) mass is 260 g/mol. The minimum Gasteiger partial charge on any atom is -0.264 e. The molecule has 0 fully saturated rings. The van der Waals surface area contributed by atoms with Gasteiger partial charge in [-0.3, -0.25) is 9.97 Å². The summed E-state index contributed by atoms with van der Waals surface area (Å²) >= 11 is 0. The fourth-order valence-corrected chi connectivity index (χ4v) is 2.42. The minimum atomic E-state index is 0.998. The van der Waals surface area contributed by atoms with E-state index in [9.17, 15) is 0 Å². The molecule has 0 radical (unpaired) electrons. The minimum absolute atomic E-state index is 0.998. The van der Waals surface area contributed by atoms with E-state index in [0.717, 1.165) is 22.4 Å². The number of rotatable bonds is 2. The third kappa shape index (κ3) is 2.59. The normalized spacial score (nSPS) is 10.5. The fraction of sp³-hybridized carbons (Fsp3) is 0.111. The molecule has 0 aliphatic rings. The van der Waals surface area contributed by atoms with E-state index in [4.69, 9.17) is 0 Å². The molecule has 0 N–H and O–H groups in total. The predicted molar refractivity (Wildman–Crippen MR) is 82.4 cm³/mol. The van der Waals surface area contributed by atoms with Crippen molar-refractivity contribution < 1.29 is 0 Å². The van der Waals surface area contributed by atoms with Crippen molar-refractivity contribution in [2.24, 2.45) is 0 Å². The second-order valence-corrected chi connectivity index (χ2v) is 5.05. The molecule has 0 bridgehead atoms. The van der Waals surface area contributed by atoms with Gasteiger partial charge in [-0.25, -0.2) is 0 Å². The molecule has 0 spiro atoms. The van der Waals surface area contributed by atoms with Gasteiger partial charge in [-0.2, -0.15) is 0 Å². The molecule has 3 rings (SSSR count). The zero-order chi connectivity index (χ0) is 13.9. The van der Waals surface area contributed by atoms with Gasteiger partial charge in [0.2, 0.25) is 0 Å². The Labute approximate surface area is 119 Å². The largest absolute Gasteiger partial charge is 0.264 e. The highest BCUT2D eigenvalue weighted by Crippen LogP contribution is 2.25. The van der Waals surface area contributed by atoms with Crippen LogP contribution in [0, 0.1) is 13.8 Å². The fourth-order valence-electron chi connectivity index (χ4n) is 2.42. The molecular formula is C18H16N2. The lowest BCUT2D eigenvalue weighted by Gasteiger charge is -2.07. The van der Waals surface area contributed by atoms with Gasteiger partial charge in [0.1, 0.15) is 0 Å². The van der Waals surface area contributed by atoms with E-state index in [1.54, 1.807) is 6.20 Å². The maximum atomic E-state index is 4.50. The summed E-state index contributed by atoms with van der Waals surface area (Å²) in [5, 5.41) is 0. The molecule has 2 aromatic heterocycles. The van der Waals surface area contributed by atoms with Crippen LogP contribution in [-0.2, 0) is 0 Å². The summed E-state index contributed by atoms with van der Waals surface area (Å²) in [6.07, 6.45) is 5.52. The highest BCUT2D eigenvalue weighted by Gasteiger charge is 2.04. The number of aromatic nitrogens is 2. The molecule has 2 heterocycles.